The van der Waals surface area contributed by atoms with E-state index in [1.54, 1.807) is 24.3 Å². The van der Waals surface area contributed by atoms with Gasteiger partial charge in [-0.05, 0) is 36.2 Å². The number of aromatic nitrogens is 1. The predicted octanol–water partition coefficient (Wildman–Crippen LogP) is 1.34. The molecule has 1 saturated heterocycles. The van der Waals surface area contributed by atoms with Crippen molar-refractivity contribution in [3.63, 3.8) is 0 Å². The number of ether oxygens (including phenoxy) is 1. The van der Waals surface area contributed by atoms with Crippen LogP contribution in [0.5, 0.6) is 5.75 Å². The lowest BCUT2D eigenvalue weighted by Gasteiger charge is -2.34. The third-order valence-electron chi connectivity index (χ3n) is 4.66. The summed E-state index contributed by atoms with van der Waals surface area (Å²) in [7, 11) is 1.64. The Bertz CT molecular complexity index is 771. The number of amides is 2. The zero-order chi connectivity index (χ0) is 19.1. The number of pyridine rings is 1. The fourth-order valence-corrected chi connectivity index (χ4v) is 3.03. The first-order valence-electron chi connectivity index (χ1n) is 9.01. The van der Waals surface area contributed by atoms with E-state index >= 15 is 0 Å². The Hall–Kier alpha value is -3.09. The van der Waals surface area contributed by atoms with Gasteiger partial charge in [0.15, 0.2) is 0 Å². The number of carbonyl (C=O) groups excluding carboxylic acids is 2. The summed E-state index contributed by atoms with van der Waals surface area (Å²) in [4.78, 5) is 31.3. The molecule has 1 fully saturated rings. The number of benzene rings is 1. The van der Waals surface area contributed by atoms with Crippen molar-refractivity contribution in [2.45, 2.75) is 6.42 Å². The quantitative estimate of drug-likeness (QED) is 0.747. The minimum atomic E-state index is -0.183. The Balaban J connectivity index is 1.53. The van der Waals surface area contributed by atoms with E-state index in [0.29, 0.717) is 25.3 Å². The van der Waals surface area contributed by atoms with Crippen molar-refractivity contribution in [2.75, 3.05) is 44.7 Å². The van der Waals surface area contributed by atoms with Crippen molar-refractivity contribution in [2.24, 2.45) is 0 Å². The third-order valence-corrected chi connectivity index (χ3v) is 4.66. The topological polar surface area (TPSA) is 74.8 Å². The normalized spacial score (nSPS) is 14.0. The van der Waals surface area contributed by atoms with Gasteiger partial charge in [0.1, 0.15) is 11.4 Å². The second-order valence-corrected chi connectivity index (χ2v) is 6.38. The van der Waals surface area contributed by atoms with E-state index in [1.165, 1.54) is 0 Å². The molecule has 7 heteroatoms. The number of methoxy groups -OCH3 is 1. The molecule has 1 aromatic heterocycles. The van der Waals surface area contributed by atoms with Crippen LogP contribution >= 0.6 is 0 Å². The number of nitrogens with zero attached hydrogens (tertiary/aromatic N) is 3. The minimum Gasteiger partial charge on any atom is -0.497 e. The summed E-state index contributed by atoms with van der Waals surface area (Å²) in [5.41, 5.74) is 2.49. The number of piperazine rings is 1. The van der Waals surface area contributed by atoms with Gasteiger partial charge in [0.05, 0.1) is 7.11 Å². The fraction of sp³-hybridized carbons (Fsp3) is 0.350. The van der Waals surface area contributed by atoms with E-state index in [-0.39, 0.29) is 5.91 Å². The number of carbonyl (C=O) groups is 2. The zero-order valence-electron chi connectivity index (χ0n) is 15.4. The summed E-state index contributed by atoms with van der Waals surface area (Å²) in [6, 6.07) is 11.5. The number of anilines is 1. The van der Waals surface area contributed by atoms with Crippen LogP contribution in [0.4, 0.5) is 5.69 Å². The van der Waals surface area contributed by atoms with Gasteiger partial charge in [0, 0.05) is 44.6 Å². The van der Waals surface area contributed by atoms with Gasteiger partial charge >= 0.3 is 0 Å². The largest absolute Gasteiger partial charge is 0.497 e. The first-order valence-corrected chi connectivity index (χ1v) is 9.01. The van der Waals surface area contributed by atoms with Crippen LogP contribution in [0.3, 0.4) is 0 Å². The van der Waals surface area contributed by atoms with Crippen molar-refractivity contribution in [3.8, 4) is 5.75 Å². The molecule has 1 aliphatic rings. The van der Waals surface area contributed by atoms with Gasteiger partial charge in [-0.2, -0.15) is 0 Å². The molecule has 2 aromatic rings. The Kier molecular flexibility index (Phi) is 6.25. The molecule has 0 radical (unpaired) electrons. The molecule has 2 amide bonds. The molecule has 0 saturated carbocycles. The maximum absolute atomic E-state index is 12.4. The maximum atomic E-state index is 12.4. The van der Waals surface area contributed by atoms with Crippen LogP contribution in [-0.2, 0) is 11.2 Å². The Labute approximate surface area is 158 Å². The van der Waals surface area contributed by atoms with Crippen LogP contribution in [0, 0.1) is 0 Å². The lowest BCUT2D eigenvalue weighted by atomic mass is 10.1. The highest BCUT2D eigenvalue weighted by atomic mass is 16.5. The summed E-state index contributed by atoms with van der Waals surface area (Å²) in [6.45, 7) is 3.42. The highest BCUT2D eigenvalue weighted by molar-refractivity contribution is 5.93. The fourth-order valence-electron chi connectivity index (χ4n) is 3.03. The van der Waals surface area contributed by atoms with Crippen LogP contribution in [0.15, 0.2) is 42.6 Å². The smallest absolute Gasteiger partial charge is 0.269 e. The number of hydrogen-bond donors (Lipinski definition) is 1. The van der Waals surface area contributed by atoms with Crippen molar-refractivity contribution < 1.29 is 14.3 Å². The SMILES string of the molecule is COc1ccc(CCNC(=O)c2cc(N3CCN(C=O)CC3)ccn2)cc1. The van der Waals surface area contributed by atoms with E-state index < -0.39 is 0 Å². The molecule has 0 spiro atoms. The van der Waals surface area contributed by atoms with Crippen LogP contribution < -0.4 is 15.0 Å². The van der Waals surface area contributed by atoms with Crippen molar-refractivity contribution in [3.05, 3.63) is 53.9 Å². The second-order valence-electron chi connectivity index (χ2n) is 6.38. The molecule has 27 heavy (non-hydrogen) atoms. The highest BCUT2D eigenvalue weighted by Crippen LogP contribution is 2.16. The predicted molar refractivity (Wildman–Crippen MR) is 103 cm³/mol. The van der Waals surface area contributed by atoms with Gasteiger partial charge in [-0.25, -0.2) is 0 Å². The van der Waals surface area contributed by atoms with Crippen LogP contribution in [0.25, 0.3) is 0 Å². The van der Waals surface area contributed by atoms with Crippen LogP contribution in [-0.4, -0.2) is 62.0 Å². The van der Waals surface area contributed by atoms with Gasteiger partial charge in [-0.15, -0.1) is 0 Å². The molecule has 2 heterocycles. The van der Waals surface area contributed by atoms with Crippen LogP contribution in [0.2, 0.25) is 0 Å². The third kappa shape index (κ3) is 4.97. The molecule has 0 unspecified atom stereocenters. The second kappa shape index (κ2) is 9.02. The number of hydrogen-bond acceptors (Lipinski definition) is 5. The number of rotatable bonds is 7. The van der Waals surface area contributed by atoms with E-state index in [2.05, 4.69) is 15.2 Å². The minimum absolute atomic E-state index is 0.183. The van der Waals surface area contributed by atoms with E-state index in [0.717, 1.165) is 42.9 Å². The first kappa shape index (κ1) is 18.7. The molecule has 7 nitrogen and oxygen atoms in total. The summed E-state index contributed by atoms with van der Waals surface area (Å²) >= 11 is 0. The Morgan fingerprint density at radius 2 is 1.93 bits per heavy atom. The van der Waals surface area contributed by atoms with Crippen LogP contribution in [0.1, 0.15) is 16.1 Å². The van der Waals surface area contributed by atoms with Gasteiger partial charge in [0.2, 0.25) is 6.41 Å². The Morgan fingerprint density at radius 3 is 2.59 bits per heavy atom. The monoisotopic (exact) mass is 368 g/mol. The zero-order valence-corrected chi connectivity index (χ0v) is 15.4. The molecule has 142 valence electrons. The van der Waals surface area contributed by atoms with E-state index in [9.17, 15) is 9.59 Å². The molecule has 1 aromatic carbocycles. The lowest BCUT2D eigenvalue weighted by molar-refractivity contribution is -0.118. The molecule has 0 atom stereocenters. The molecular formula is C20H24N4O3. The standard InChI is InChI=1S/C20H24N4O3/c1-27-18-4-2-16(3-5-18)6-8-22-20(26)19-14-17(7-9-21-19)24-12-10-23(15-25)11-13-24/h2-5,7,9,14-15H,6,8,10-13H2,1H3,(H,22,26). The highest BCUT2D eigenvalue weighted by Gasteiger charge is 2.17. The average Bonchev–Trinajstić information content (AvgIpc) is 2.74. The van der Waals surface area contributed by atoms with Gasteiger partial charge in [-0.3, -0.25) is 14.6 Å². The first-order chi connectivity index (χ1) is 13.2. The molecule has 0 bridgehead atoms. The summed E-state index contributed by atoms with van der Waals surface area (Å²) in [5, 5.41) is 2.92. The summed E-state index contributed by atoms with van der Waals surface area (Å²) < 4.78 is 5.14. The van der Waals surface area contributed by atoms with Crippen molar-refractivity contribution in [1.29, 1.82) is 0 Å². The lowest BCUT2D eigenvalue weighted by Crippen LogP contribution is -2.45. The van der Waals surface area contributed by atoms with Gasteiger partial charge in [-0.1, -0.05) is 12.1 Å². The molecule has 1 aliphatic heterocycles. The molecule has 1 N–H and O–H groups in total. The van der Waals surface area contributed by atoms with E-state index in [1.807, 2.05) is 30.3 Å². The van der Waals surface area contributed by atoms with E-state index in [4.69, 9.17) is 4.74 Å². The molecular weight excluding hydrogens is 344 g/mol. The van der Waals surface area contributed by atoms with Crippen molar-refractivity contribution in [1.82, 2.24) is 15.2 Å². The maximum Gasteiger partial charge on any atom is 0.269 e. The van der Waals surface area contributed by atoms with Gasteiger partial charge in [0.25, 0.3) is 5.91 Å². The average molecular weight is 368 g/mol. The molecule has 0 aliphatic carbocycles. The number of nitrogens with one attached hydrogen (secondary N) is 1. The molecule has 3 rings (SSSR count). The summed E-state index contributed by atoms with van der Waals surface area (Å²) in [5.74, 6) is 0.634. The van der Waals surface area contributed by atoms with Crippen molar-refractivity contribution >= 4 is 18.0 Å². The van der Waals surface area contributed by atoms with Gasteiger partial charge < -0.3 is 19.9 Å². The Morgan fingerprint density at radius 1 is 1.19 bits per heavy atom. The summed E-state index contributed by atoms with van der Waals surface area (Å²) in [6.07, 6.45) is 3.27.